The first-order valence-corrected chi connectivity index (χ1v) is 8.14. The molecule has 0 atom stereocenters. The molecule has 0 radical (unpaired) electrons. The number of alkyl halides is 3. The maximum Gasteiger partial charge on any atom is 0.501 e. The zero-order valence-electron chi connectivity index (χ0n) is 13.1. The van der Waals surface area contributed by atoms with Crippen molar-refractivity contribution in [2.45, 2.75) is 17.3 Å². The highest BCUT2D eigenvalue weighted by atomic mass is 32.2. The Kier molecular flexibility index (Phi) is 6.70. The molecule has 0 aromatic heterocycles. The third-order valence-electron chi connectivity index (χ3n) is 2.67. The fraction of sp³-hybridized carbons (Fsp3) is 0.125. The van der Waals surface area contributed by atoms with Crippen LogP contribution in [0.5, 0.6) is 11.5 Å². The van der Waals surface area contributed by atoms with E-state index in [1.54, 1.807) is 12.1 Å². The molecule has 2 rings (SSSR count). The van der Waals surface area contributed by atoms with Gasteiger partial charge in [-0.1, -0.05) is 0 Å². The van der Waals surface area contributed by atoms with Crippen LogP contribution in [0, 0.1) is 28.5 Å². The van der Waals surface area contributed by atoms with Crippen molar-refractivity contribution in [3.63, 3.8) is 0 Å². The van der Waals surface area contributed by atoms with Gasteiger partial charge < -0.3 is 4.74 Å². The monoisotopic (exact) mass is 386 g/mol. The summed E-state index contributed by atoms with van der Waals surface area (Å²) in [6.07, 6.45) is 0. The van der Waals surface area contributed by atoms with Gasteiger partial charge in [0.2, 0.25) is 0 Å². The number of nitriles is 2. The molecule has 0 N–H and O–H groups in total. The first kappa shape index (κ1) is 20.9. The molecule has 0 saturated heterocycles. The summed E-state index contributed by atoms with van der Waals surface area (Å²) in [5.41, 5.74) is -5.41. The highest BCUT2D eigenvalue weighted by Gasteiger charge is 2.46. The van der Waals surface area contributed by atoms with Crippen molar-refractivity contribution in [2.75, 3.05) is 0 Å². The van der Waals surface area contributed by atoms with Crippen LogP contribution in [0.15, 0.2) is 47.4 Å². The van der Waals surface area contributed by atoms with Crippen LogP contribution in [-0.4, -0.2) is 13.9 Å². The van der Waals surface area contributed by atoms with Crippen LogP contribution in [0.1, 0.15) is 12.5 Å². The summed E-state index contributed by atoms with van der Waals surface area (Å²) in [5.74, 6) is -0.788. The number of nitrogens with zero attached hydrogens (tertiary/aromatic N) is 2. The SMILES string of the molecule is CC#N.N#Cc1cc(F)cc(Oc2ccc(S(=O)(=O)C(F)(F)F)cc2)c1. The highest BCUT2D eigenvalue weighted by Crippen LogP contribution is 2.32. The summed E-state index contributed by atoms with van der Waals surface area (Å²) in [5, 5.41) is 16.0. The molecule has 10 heteroatoms. The first-order valence-electron chi connectivity index (χ1n) is 6.66. The molecule has 0 saturated carbocycles. The minimum atomic E-state index is -5.44. The molecule has 5 nitrogen and oxygen atoms in total. The number of sulfone groups is 1. The van der Waals surface area contributed by atoms with E-state index in [0.29, 0.717) is 0 Å². The van der Waals surface area contributed by atoms with Crippen LogP contribution in [0.3, 0.4) is 0 Å². The molecule has 0 unspecified atom stereocenters. The van der Waals surface area contributed by atoms with E-state index in [2.05, 4.69) is 0 Å². The number of hydrogen-bond acceptors (Lipinski definition) is 5. The normalized spacial score (nSPS) is 10.7. The van der Waals surface area contributed by atoms with E-state index in [-0.39, 0.29) is 17.1 Å². The van der Waals surface area contributed by atoms with Crippen LogP contribution in [0.2, 0.25) is 0 Å². The van der Waals surface area contributed by atoms with E-state index >= 15 is 0 Å². The van der Waals surface area contributed by atoms with E-state index < -0.39 is 26.1 Å². The lowest BCUT2D eigenvalue weighted by Crippen LogP contribution is -2.23. The Morgan fingerprint density at radius 1 is 1.00 bits per heavy atom. The largest absolute Gasteiger partial charge is 0.501 e. The molecular formula is C16H10F4N2O3S. The second-order valence-electron chi connectivity index (χ2n) is 4.53. The average Bonchev–Trinajstić information content (AvgIpc) is 2.54. The van der Waals surface area contributed by atoms with Crippen LogP contribution in [-0.2, 0) is 9.84 Å². The molecule has 0 aliphatic heterocycles. The maximum atomic E-state index is 13.2. The summed E-state index contributed by atoms with van der Waals surface area (Å²) < 4.78 is 78.0. The minimum absolute atomic E-state index is 0.00345. The topological polar surface area (TPSA) is 90.9 Å². The molecule has 2 aromatic rings. The molecular weight excluding hydrogens is 376 g/mol. The highest BCUT2D eigenvalue weighted by molar-refractivity contribution is 7.92. The van der Waals surface area contributed by atoms with E-state index in [9.17, 15) is 26.0 Å². The molecule has 0 fully saturated rings. The smallest absolute Gasteiger partial charge is 0.457 e. The zero-order chi connectivity index (χ0) is 20.0. The molecule has 0 heterocycles. The summed E-state index contributed by atoms with van der Waals surface area (Å²) in [7, 11) is -5.44. The van der Waals surface area contributed by atoms with Crippen LogP contribution in [0.4, 0.5) is 17.6 Å². The molecule has 26 heavy (non-hydrogen) atoms. The Hall–Kier alpha value is -3.11. The van der Waals surface area contributed by atoms with Gasteiger partial charge in [-0.25, -0.2) is 12.8 Å². The summed E-state index contributed by atoms with van der Waals surface area (Å²) >= 11 is 0. The Morgan fingerprint density at radius 3 is 2.00 bits per heavy atom. The van der Waals surface area contributed by atoms with Crippen molar-refractivity contribution < 1.29 is 30.7 Å². The fourth-order valence-corrected chi connectivity index (χ4v) is 2.40. The van der Waals surface area contributed by atoms with Crippen molar-refractivity contribution in [1.29, 1.82) is 10.5 Å². The van der Waals surface area contributed by atoms with E-state index in [0.717, 1.165) is 36.4 Å². The predicted molar refractivity (Wildman–Crippen MR) is 82.2 cm³/mol. The zero-order valence-corrected chi connectivity index (χ0v) is 13.9. The summed E-state index contributed by atoms with van der Waals surface area (Å²) in [6, 6.07) is 10.1. The lowest BCUT2D eigenvalue weighted by Gasteiger charge is -2.09. The van der Waals surface area contributed by atoms with Crippen molar-refractivity contribution in [3.05, 3.63) is 53.8 Å². The molecule has 0 bridgehead atoms. The van der Waals surface area contributed by atoms with Gasteiger partial charge in [0.25, 0.3) is 9.84 Å². The minimum Gasteiger partial charge on any atom is -0.457 e. The van der Waals surface area contributed by atoms with Gasteiger partial charge in [0, 0.05) is 13.0 Å². The maximum absolute atomic E-state index is 13.2. The summed E-state index contributed by atoms with van der Waals surface area (Å²) in [4.78, 5) is -0.936. The first-order chi connectivity index (χ1) is 12.0. The molecule has 0 aliphatic rings. The number of ether oxygens (including phenoxy) is 1. The van der Waals surface area contributed by atoms with Crippen LogP contribution < -0.4 is 4.74 Å². The molecule has 136 valence electrons. The Balaban J connectivity index is 0.00000105. The van der Waals surface area contributed by atoms with Crippen molar-refractivity contribution in [2.24, 2.45) is 0 Å². The van der Waals surface area contributed by atoms with Gasteiger partial charge in [0.15, 0.2) is 0 Å². The molecule has 0 aliphatic carbocycles. The number of hydrogen-bond donors (Lipinski definition) is 0. The predicted octanol–water partition coefficient (Wildman–Crippen LogP) is 4.31. The number of rotatable bonds is 3. The number of benzene rings is 2. The molecule has 0 amide bonds. The van der Waals surface area contributed by atoms with Gasteiger partial charge >= 0.3 is 5.51 Å². The number of halogens is 4. The van der Waals surface area contributed by atoms with Gasteiger partial charge in [-0.05, 0) is 36.4 Å². The second kappa shape index (κ2) is 8.32. The molecule has 0 spiro atoms. The average molecular weight is 386 g/mol. The van der Waals surface area contributed by atoms with Gasteiger partial charge in [-0.15, -0.1) is 0 Å². The Labute approximate surface area is 146 Å². The Bertz CT molecular complexity index is 957. The lowest BCUT2D eigenvalue weighted by molar-refractivity contribution is -0.0436. The third-order valence-corrected chi connectivity index (χ3v) is 4.18. The summed E-state index contributed by atoms with van der Waals surface area (Å²) in [6.45, 7) is 1.43. The van der Waals surface area contributed by atoms with E-state index in [1.165, 1.54) is 13.0 Å². The lowest BCUT2D eigenvalue weighted by atomic mass is 10.2. The van der Waals surface area contributed by atoms with E-state index in [1.807, 2.05) is 0 Å². The van der Waals surface area contributed by atoms with Crippen LogP contribution in [0.25, 0.3) is 0 Å². The van der Waals surface area contributed by atoms with Gasteiger partial charge in [0.1, 0.15) is 17.3 Å². The standard InChI is InChI=1S/C14H7F4NO3S.C2H3N/c15-10-5-9(8-19)6-12(7-10)22-11-1-3-13(4-2-11)23(20,21)14(16,17)18;1-2-3/h1-7H;1H3. The Morgan fingerprint density at radius 2 is 1.54 bits per heavy atom. The molecule has 2 aromatic carbocycles. The third kappa shape index (κ3) is 5.19. The quantitative estimate of drug-likeness (QED) is 0.733. The van der Waals surface area contributed by atoms with Gasteiger partial charge in [-0.2, -0.15) is 23.7 Å². The van der Waals surface area contributed by atoms with Crippen molar-refractivity contribution in [1.82, 2.24) is 0 Å². The van der Waals surface area contributed by atoms with Gasteiger partial charge in [-0.3, -0.25) is 0 Å². The fourth-order valence-electron chi connectivity index (χ4n) is 1.64. The van der Waals surface area contributed by atoms with Crippen molar-refractivity contribution >= 4 is 9.84 Å². The van der Waals surface area contributed by atoms with Gasteiger partial charge in [0.05, 0.1) is 22.6 Å². The van der Waals surface area contributed by atoms with E-state index in [4.69, 9.17) is 15.3 Å². The second-order valence-corrected chi connectivity index (χ2v) is 6.47. The van der Waals surface area contributed by atoms with Crippen LogP contribution >= 0.6 is 0 Å². The van der Waals surface area contributed by atoms with Crippen molar-refractivity contribution in [3.8, 4) is 23.6 Å².